The van der Waals surface area contributed by atoms with Crippen LogP contribution in [0.4, 0.5) is 0 Å². The summed E-state index contributed by atoms with van der Waals surface area (Å²) in [6.45, 7) is -0.409. The predicted molar refractivity (Wildman–Crippen MR) is 129 cm³/mol. The van der Waals surface area contributed by atoms with Crippen LogP contribution in [0.1, 0.15) is 38.1 Å². The van der Waals surface area contributed by atoms with E-state index in [-0.39, 0.29) is 34.8 Å². The maximum absolute atomic E-state index is 13.0. The molecule has 0 saturated carbocycles. The second-order valence-corrected chi connectivity index (χ2v) is 7.45. The number of nitrogens with zero attached hydrogens (tertiary/aromatic N) is 1. The Labute approximate surface area is 227 Å². The number of carboxylic acids is 2. The Morgan fingerprint density at radius 1 is 0.895 bits per heavy atom. The molecule has 0 fully saturated rings. The fourth-order valence-electron chi connectivity index (χ4n) is 3.18. The molecule has 3 rings (SSSR count). The third kappa shape index (κ3) is 8.89. The fourth-order valence-corrected chi connectivity index (χ4v) is 3.18. The van der Waals surface area contributed by atoms with Gasteiger partial charge < -0.3 is 35.8 Å². The SMILES string of the molecule is COc1cccc(CNC(=O)[C@@H](NC(=O)COc2cc(C(=O)O)nc(C(=O)O)c2)c2ccccc2)c1.O.[Cu]. The number of hydrogen-bond acceptors (Lipinski definition) is 7. The summed E-state index contributed by atoms with van der Waals surface area (Å²) in [5.41, 5.74) is 0.221. The quantitative estimate of drug-likeness (QED) is 0.243. The molecule has 2 aromatic carbocycles. The van der Waals surface area contributed by atoms with Gasteiger partial charge in [0.25, 0.3) is 5.91 Å². The van der Waals surface area contributed by atoms with Crippen molar-refractivity contribution >= 4 is 23.8 Å². The van der Waals surface area contributed by atoms with Crippen LogP contribution >= 0.6 is 0 Å². The van der Waals surface area contributed by atoms with Crippen LogP contribution in [-0.4, -0.2) is 58.1 Å². The van der Waals surface area contributed by atoms with Gasteiger partial charge in [0.2, 0.25) is 5.91 Å². The van der Waals surface area contributed by atoms with Crippen molar-refractivity contribution in [2.75, 3.05) is 13.7 Å². The summed E-state index contributed by atoms with van der Waals surface area (Å²) in [6, 6.07) is 16.7. The summed E-state index contributed by atoms with van der Waals surface area (Å²) in [5, 5.41) is 23.6. The summed E-state index contributed by atoms with van der Waals surface area (Å²) in [7, 11) is 1.54. The zero-order chi connectivity index (χ0) is 26.1. The number of ether oxygens (including phenoxy) is 2. The third-order valence-corrected chi connectivity index (χ3v) is 4.91. The van der Waals surface area contributed by atoms with Gasteiger partial charge in [-0.3, -0.25) is 9.59 Å². The molecule has 6 N–H and O–H groups in total. The Morgan fingerprint density at radius 3 is 2.11 bits per heavy atom. The van der Waals surface area contributed by atoms with Crippen LogP contribution in [0, 0.1) is 0 Å². The van der Waals surface area contributed by atoms with E-state index in [1.807, 2.05) is 6.07 Å². The Bertz CT molecular complexity index is 1240. The molecule has 0 spiro atoms. The van der Waals surface area contributed by atoms with E-state index in [1.165, 1.54) is 7.11 Å². The van der Waals surface area contributed by atoms with E-state index in [0.717, 1.165) is 17.7 Å². The minimum atomic E-state index is -1.45. The Morgan fingerprint density at radius 2 is 1.53 bits per heavy atom. The molecular formula is C25H25CuN3O9. The number of hydrogen-bond donors (Lipinski definition) is 4. The first-order valence-electron chi connectivity index (χ1n) is 10.6. The molecule has 1 aromatic heterocycles. The topological polar surface area (TPSA) is 196 Å². The van der Waals surface area contributed by atoms with Gasteiger partial charge in [-0.1, -0.05) is 42.5 Å². The number of pyridine rings is 1. The molecule has 12 nitrogen and oxygen atoms in total. The molecular weight excluding hydrogens is 550 g/mol. The van der Waals surface area contributed by atoms with Gasteiger partial charge in [-0.25, -0.2) is 14.6 Å². The third-order valence-electron chi connectivity index (χ3n) is 4.91. The average molecular weight is 575 g/mol. The van der Waals surface area contributed by atoms with E-state index in [9.17, 15) is 19.2 Å². The first-order valence-corrected chi connectivity index (χ1v) is 10.6. The minimum absolute atomic E-state index is 0. The van der Waals surface area contributed by atoms with Gasteiger partial charge in [0.15, 0.2) is 18.0 Å². The normalized spacial score (nSPS) is 10.6. The molecule has 0 unspecified atom stereocenters. The van der Waals surface area contributed by atoms with Gasteiger partial charge in [-0.15, -0.1) is 0 Å². The average Bonchev–Trinajstić information content (AvgIpc) is 2.89. The molecule has 0 aliphatic carbocycles. The predicted octanol–water partition coefficient (Wildman–Crippen LogP) is 1.21. The number of rotatable bonds is 11. The number of carbonyl (C=O) groups is 4. The maximum atomic E-state index is 13.0. The zero-order valence-corrected chi connectivity index (χ0v) is 20.9. The van der Waals surface area contributed by atoms with Crippen molar-refractivity contribution in [1.82, 2.24) is 15.6 Å². The van der Waals surface area contributed by atoms with Crippen LogP contribution < -0.4 is 20.1 Å². The number of benzene rings is 2. The Balaban J connectivity index is 0.00000361. The molecule has 0 aliphatic heterocycles. The molecule has 0 saturated heterocycles. The second-order valence-electron chi connectivity index (χ2n) is 7.45. The molecule has 1 heterocycles. The number of nitrogens with one attached hydrogen (secondary N) is 2. The van der Waals surface area contributed by atoms with Crippen LogP contribution in [0.15, 0.2) is 66.7 Å². The second kappa shape index (κ2) is 15.0. The van der Waals surface area contributed by atoms with E-state index in [0.29, 0.717) is 11.3 Å². The number of carboxylic acid groups (broad SMARTS) is 2. The fraction of sp³-hybridized carbons (Fsp3) is 0.160. The first kappa shape index (κ1) is 31.6. The smallest absolute Gasteiger partial charge is 0.354 e. The van der Waals surface area contributed by atoms with Crippen LogP contribution in [0.2, 0.25) is 0 Å². The van der Waals surface area contributed by atoms with Crippen molar-refractivity contribution < 1.29 is 61.4 Å². The van der Waals surface area contributed by atoms with E-state index in [4.69, 9.17) is 19.7 Å². The molecule has 0 aliphatic rings. The monoisotopic (exact) mass is 574 g/mol. The van der Waals surface area contributed by atoms with Gasteiger partial charge in [-0.05, 0) is 23.3 Å². The summed E-state index contributed by atoms with van der Waals surface area (Å²) in [5.74, 6) is -3.60. The molecule has 3 aromatic rings. The van der Waals surface area contributed by atoms with Gasteiger partial charge in [-0.2, -0.15) is 0 Å². The van der Waals surface area contributed by atoms with Crippen LogP contribution in [-0.2, 0) is 33.2 Å². The molecule has 0 bridgehead atoms. The van der Waals surface area contributed by atoms with Gasteiger partial charge >= 0.3 is 11.9 Å². The van der Waals surface area contributed by atoms with Crippen LogP contribution in [0.25, 0.3) is 0 Å². The van der Waals surface area contributed by atoms with E-state index in [1.54, 1.807) is 48.5 Å². The summed E-state index contributed by atoms with van der Waals surface area (Å²) in [6.07, 6.45) is 0. The molecule has 38 heavy (non-hydrogen) atoms. The van der Waals surface area contributed by atoms with Crippen molar-refractivity contribution in [2.45, 2.75) is 12.6 Å². The molecule has 1 atom stereocenters. The van der Waals surface area contributed by atoms with Gasteiger partial charge in [0, 0.05) is 35.7 Å². The van der Waals surface area contributed by atoms with Crippen molar-refractivity contribution in [3.05, 3.63) is 89.2 Å². The van der Waals surface area contributed by atoms with Crippen LogP contribution in [0.3, 0.4) is 0 Å². The van der Waals surface area contributed by atoms with Crippen LogP contribution in [0.5, 0.6) is 11.5 Å². The molecule has 205 valence electrons. The van der Waals surface area contributed by atoms with Crippen molar-refractivity contribution in [1.29, 1.82) is 0 Å². The Kier molecular flexibility index (Phi) is 12.4. The summed E-state index contributed by atoms with van der Waals surface area (Å²) in [4.78, 5) is 51.5. The maximum Gasteiger partial charge on any atom is 0.354 e. The van der Waals surface area contributed by atoms with Gasteiger partial charge in [0.05, 0.1) is 7.11 Å². The Hall–Kier alpha value is -4.45. The molecule has 13 heteroatoms. The van der Waals surface area contributed by atoms with Crippen molar-refractivity contribution in [3.8, 4) is 11.5 Å². The van der Waals surface area contributed by atoms with Gasteiger partial charge in [0.1, 0.15) is 17.5 Å². The number of methoxy groups -OCH3 is 1. The molecule has 2 amide bonds. The standard InChI is InChI=1S/C25H23N3O8.Cu.H2O/c1-35-17-9-5-6-15(10-17)13-26-23(30)22(16-7-3-2-4-8-16)28-21(29)14-36-18-11-19(24(31)32)27-20(12-18)25(33)34;;/h2-12,22H,13-14H2,1H3,(H,26,30)(H,28,29)(H,31,32)(H,33,34);;1H2/t22-;;/m0../s1. The summed E-state index contributed by atoms with van der Waals surface area (Å²) >= 11 is 0. The number of amides is 2. The number of aromatic carboxylic acids is 2. The van der Waals surface area contributed by atoms with E-state index < -0.39 is 47.8 Å². The number of carbonyl (C=O) groups excluding carboxylic acids is 2. The van der Waals surface area contributed by atoms with E-state index in [2.05, 4.69) is 15.6 Å². The van der Waals surface area contributed by atoms with E-state index >= 15 is 0 Å². The van der Waals surface area contributed by atoms with Crippen molar-refractivity contribution in [3.63, 3.8) is 0 Å². The number of aromatic nitrogens is 1. The zero-order valence-electron chi connectivity index (χ0n) is 19.9. The minimum Gasteiger partial charge on any atom is -0.497 e. The molecule has 1 radical (unpaired) electrons. The summed E-state index contributed by atoms with van der Waals surface area (Å²) < 4.78 is 10.5. The van der Waals surface area contributed by atoms with Crippen molar-refractivity contribution in [2.24, 2.45) is 0 Å². The largest absolute Gasteiger partial charge is 0.497 e. The first-order chi connectivity index (χ1) is 17.3.